The van der Waals surface area contributed by atoms with Gasteiger partial charge in [0.05, 0.1) is 4.75 Å². The lowest BCUT2D eigenvalue weighted by molar-refractivity contribution is 0.873. The summed E-state index contributed by atoms with van der Waals surface area (Å²) in [5.41, 5.74) is 5.62. The largest absolute Gasteiger partial charge is 0.181 e. The van der Waals surface area contributed by atoms with Gasteiger partial charge in [-0.15, -0.1) is 0 Å². The fourth-order valence-corrected chi connectivity index (χ4v) is 5.32. The van der Waals surface area contributed by atoms with Crippen LogP contribution in [0.1, 0.15) is 31.9 Å². The third kappa shape index (κ3) is 3.14. The maximum atomic E-state index is 4.48. The van der Waals surface area contributed by atoms with Gasteiger partial charge in [-0.25, -0.2) is 0 Å². The molecule has 0 spiro atoms. The number of hydrogen-bond acceptors (Lipinski definition) is 0. The van der Waals surface area contributed by atoms with E-state index in [2.05, 4.69) is 91.8 Å². The van der Waals surface area contributed by atoms with Crippen LogP contribution in [-0.2, 0) is 4.75 Å². The van der Waals surface area contributed by atoms with Gasteiger partial charge in [0.15, 0.2) is 0 Å². The Morgan fingerprint density at radius 2 is 1.03 bits per heavy atom. The smallest absolute Gasteiger partial charge is 0.0584 e. The van der Waals surface area contributed by atoms with Gasteiger partial charge in [0, 0.05) is 0 Å². The van der Waals surface area contributed by atoms with Crippen molar-refractivity contribution >= 4 is 37.9 Å². The van der Waals surface area contributed by atoms with Crippen molar-refractivity contribution in [3.05, 3.63) is 96.1 Å². The summed E-state index contributed by atoms with van der Waals surface area (Å²) in [4.78, 5) is 0. The highest BCUT2D eigenvalue weighted by molar-refractivity contribution is 8.14. The van der Waals surface area contributed by atoms with Crippen molar-refractivity contribution in [3.63, 3.8) is 0 Å². The molecule has 0 aliphatic heterocycles. The Morgan fingerprint density at radius 3 is 1.34 bits per heavy atom. The summed E-state index contributed by atoms with van der Waals surface area (Å²) in [6.45, 7) is 6.37. The zero-order valence-corrected chi connectivity index (χ0v) is 18.5. The lowest BCUT2D eigenvalue weighted by atomic mass is 9.95. The van der Waals surface area contributed by atoms with Crippen molar-refractivity contribution in [3.8, 4) is 11.1 Å². The fraction of sp³-hybridized carbons (Fsp3) is 0.179. The summed E-state index contributed by atoms with van der Waals surface area (Å²) in [5.74, 6) is 4.48. The molecule has 0 heterocycles. The van der Waals surface area contributed by atoms with Crippen LogP contribution in [0.25, 0.3) is 32.7 Å². The molecular formula is C28H28S. The number of benzene rings is 4. The zero-order chi connectivity index (χ0) is 20.6. The standard InChI is InChI=1S/C24H20S.C4H8/c1-24(25(2)3)22-14-18-10-6-4-8-16(18)12-20(22)21-13-17-9-5-7-11-19(17)15-23(21)24;1-3-4-2/h4-15H,2H2,1,3H3;3-4H,1-2H3/b;4-3-. The van der Waals surface area contributed by atoms with E-state index in [9.17, 15) is 0 Å². The predicted molar refractivity (Wildman–Crippen MR) is 134 cm³/mol. The molecule has 0 aromatic heterocycles. The van der Waals surface area contributed by atoms with E-state index in [1.165, 1.54) is 43.8 Å². The van der Waals surface area contributed by atoms with Crippen LogP contribution in [0.15, 0.2) is 84.9 Å². The highest BCUT2D eigenvalue weighted by atomic mass is 32.2. The molecule has 1 aliphatic carbocycles. The molecule has 29 heavy (non-hydrogen) atoms. The van der Waals surface area contributed by atoms with Crippen LogP contribution in [0.4, 0.5) is 0 Å². The molecule has 4 aromatic rings. The second-order valence-corrected chi connectivity index (χ2v) is 9.92. The van der Waals surface area contributed by atoms with Gasteiger partial charge in [0.25, 0.3) is 0 Å². The third-order valence-corrected chi connectivity index (χ3v) is 7.95. The van der Waals surface area contributed by atoms with Gasteiger partial charge in [-0.1, -0.05) is 66.6 Å². The zero-order valence-electron chi connectivity index (χ0n) is 17.7. The average Bonchev–Trinajstić information content (AvgIpc) is 2.99. The Morgan fingerprint density at radius 1 is 0.690 bits per heavy atom. The number of rotatable bonds is 1. The predicted octanol–water partition coefficient (Wildman–Crippen LogP) is 8.15. The molecule has 0 fully saturated rings. The number of fused-ring (bicyclic) bond motifs is 5. The fourth-order valence-electron chi connectivity index (χ4n) is 4.24. The van der Waals surface area contributed by atoms with Gasteiger partial charge in [-0.05, 0) is 95.1 Å². The summed E-state index contributed by atoms with van der Waals surface area (Å²) in [6.07, 6.45) is 6.27. The number of hydrogen-bond donors (Lipinski definition) is 0. The molecule has 1 unspecified atom stereocenters. The Bertz CT molecular complexity index is 1170. The van der Waals surface area contributed by atoms with Crippen molar-refractivity contribution in [1.29, 1.82) is 0 Å². The van der Waals surface area contributed by atoms with E-state index in [-0.39, 0.29) is 15.2 Å². The van der Waals surface area contributed by atoms with Crippen LogP contribution in [0.3, 0.4) is 0 Å². The van der Waals surface area contributed by atoms with Crippen molar-refractivity contribution in [2.75, 3.05) is 6.26 Å². The van der Waals surface area contributed by atoms with E-state index in [1.54, 1.807) is 0 Å². The minimum Gasteiger partial charge on any atom is -0.181 e. The van der Waals surface area contributed by atoms with Crippen LogP contribution >= 0.6 is 10.5 Å². The van der Waals surface area contributed by atoms with Crippen LogP contribution in [-0.4, -0.2) is 12.1 Å². The molecule has 0 saturated carbocycles. The van der Waals surface area contributed by atoms with Crippen molar-refractivity contribution in [2.24, 2.45) is 0 Å². The summed E-state index contributed by atoms with van der Waals surface area (Å²) < 4.78 is -0.0290. The van der Waals surface area contributed by atoms with Crippen LogP contribution in [0.5, 0.6) is 0 Å². The summed E-state index contributed by atoms with van der Waals surface area (Å²) in [7, 11) is -0.0151. The number of allylic oxidation sites excluding steroid dienone is 2. The topological polar surface area (TPSA) is 0 Å². The summed E-state index contributed by atoms with van der Waals surface area (Å²) in [6, 6.07) is 26.9. The molecule has 0 N–H and O–H groups in total. The molecule has 1 heteroatoms. The van der Waals surface area contributed by atoms with Gasteiger partial charge in [-0.3, -0.25) is 0 Å². The average molecular weight is 397 g/mol. The third-order valence-electron chi connectivity index (χ3n) is 6.12. The first-order chi connectivity index (χ1) is 14.0. The minimum absolute atomic E-state index is 0.0151. The molecule has 0 radical (unpaired) electrons. The monoisotopic (exact) mass is 396 g/mol. The van der Waals surface area contributed by atoms with E-state index in [0.717, 1.165) is 0 Å². The SMILES string of the molecule is C/C=C\C.C=S(C)C1(C)c2cc3ccccc3cc2-c2cc3ccccc3cc21. The first-order valence-electron chi connectivity index (χ1n) is 10.1. The summed E-state index contributed by atoms with van der Waals surface area (Å²) in [5, 5.41) is 5.25. The molecule has 4 aromatic carbocycles. The van der Waals surface area contributed by atoms with Gasteiger partial charge in [0.1, 0.15) is 0 Å². The summed E-state index contributed by atoms with van der Waals surface area (Å²) >= 11 is 0. The lowest BCUT2D eigenvalue weighted by Gasteiger charge is -2.29. The van der Waals surface area contributed by atoms with Crippen molar-refractivity contribution < 1.29 is 0 Å². The van der Waals surface area contributed by atoms with Gasteiger partial charge in [0.2, 0.25) is 0 Å². The Labute approximate surface area is 176 Å². The maximum absolute atomic E-state index is 4.48. The first-order valence-corrected chi connectivity index (χ1v) is 11.9. The van der Waals surface area contributed by atoms with Crippen molar-refractivity contribution in [1.82, 2.24) is 0 Å². The second kappa shape index (κ2) is 7.65. The van der Waals surface area contributed by atoms with Crippen molar-refractivity contribution in [2.45, 2.75) is 25.5 Å². The second-order valence-electron chi connectivity index (χ2n) is 7.83. The van der Waals surface area contributed by atoms with Gasteiger partial charge in [-0.2, -0.15) is 10.5 Å². The Hall–Kier alpha value is -2.64. The molecule has 5 rings (SSSR count). The Kier molecular flexibility index (Phi) is 5.19. The van der Waals surface area contributed by atoms with E-state index >= 15 is 0 Å². The van der Waals surface area contributed by atoms with Gasteiger partial charge >= 0.3 is 0 Å². The van der Waals surface area contributed by atoms with E-state index in [1.807, 2.05) is 26.0 Å². The van der Waals surface area contributed by atoms with Crippen LogP contribution in [0, 0.1) is 0 Å². The molecular weight excluding hydrogens is 368 g/mol. The molecule has 0 nitrogen and oxygen atoms in total. The van der Waals surface area contributed by atoms with Gasteiger partial charge < -0.3 is 0 Å². The van der Waals surface area contributed by atoms with Crippen LogP contribution in [0.2, 0.25) is 0 Å². The normalized spacial score (nSPS) is 15.0. The molecule has 1 atom stereocenters. The first kappa shape index (κ1) is 19.7. The molecule has 1 aliphatic rings. The maximum Gasteiger partial charge on any atom is 0.0584 e. The minimum atomic E-state index is -0.0290. The van der Waals surface area contributed by atoms with Crippen LogP contribution < -0.4 is 0 Å². The highest BCUT2D eigenvalue weighted by Crippen LogP contribution is 2.57. The quantitative estimate of drug-likeness (QED) is 0.225. The molecule has 0 amide bonds. The highest BCUT2D eigenvalue weighted by Gasteiger charge is 2.40. The van der Waals surface area contributed by atoms with E-state index < -0.39 is 0 Å². The van der Waals surface area contributed by atoms with E-state index in [4.69, 9.17) is 0 Å². The van der Waals surface area contributed by atoms with E-state index in [0.29, 0.717) is 0 Å². The molecule has 0 saturated heterocycles. The molecule has 146 valence electrons. The Balaban J connectivity index is 0.000000472. The lowest BCUT2D eigenvalue weighted by Crippen LogP contribution is -2.17. The molecule has 0 bridgehead atoms.